The van der Waals surface area contributed by atoms with Gasteiger partial charge in [-0.1, -0.05) is 18.9 Å². The lowest BCUT2D eigenvalue weighted by Gasteiger charge is -2.44. The quantitative estimate of drug-likeness (QED) is 0.548. The first kappa shape index (κ1) is 22.8. The van der Waals surface area contributed by atoms with E-state index < -0.39 is 5.54 Å². The number of amides is 2. The summed E-state index contributed by atoms with van der Waals surface area (Å²) < 4.78 is 14.0. The van der Waals surface area contributed by atoms with Crippen LogP contribution in [-0.2, 0) is 17.8 Å². The first-order chi connectivity index (χ1) is 16.4. The summed E-state index contributed by atoms with van der Waals surface area (Å²) in [6, 6.07) is 9.87. The molecule has 1 aromatic carbocycles. The molecular formula is C26H31N3O4S. The van der Waals surface area contributed by atoms with Crippen molar-refractivity contribution in [1.29, 1.82) is 0 Å². The minimum Gasteiger partial charge on any atom is -0.497 e. The number of nitrogens with zero attached hydrogens (tertiary/aromatic N) is 2. The van der Waals surface area contributed by atoms with E-state index in [2.05, 4.69) is 5.32 Å². The third-order valence-corrected chi connectivity index (χ3v) is 8.18. The zero-order valence-electron chi connectivity index (χ0n) is 19.9. The number of benzene rings is 1. The number of ether oxygens (including phenoxy) is 2. The van der Waals surface area contributed by atoms with Crippen molar-refractivity contribution < 1.29 is 19.1 Å². The van der Waals surface area contributed by atoms with Crippen LogP contribution in [0.3, 0.4) is 0 Å². The van der Waals surface area contributed by atoms with E-state index in [4.69, 9.17) is 9.47 Å². The van der Waals surface area contributed by atoms with Gasteiger partial charge in [0.05, 0.1) is 31.0 Å². The maximum Gasteiger partial charge on any atom is 0.271 e. The van der Waals surface area contributed by atoms with Crippen molar-refractivity contribution in [3.63, 3.8) is 0 Å². The van der Waals surface area contributed by atoms with E-state index in [0.29, 0.717) is 36.7 Å². The Morgan fingerprint density at radius 2 is 1.97 bits per heavy atom. The summed E-state index contributed by atoms with van der Waals surface area (Å²) in [4.78, 5) is 29.3. The molecule has 5 rings (SSSR count). The maximum absolute atomic E-state index is 13.8. The van der Waals surface area contributed by atoms with E-state index >= 15 is 0 Å². The third-order valence-electron chi connectivity index (χ3n) is 7.33. The van der Waals surface area contributed by atoms with Gasteiger partial charge in [0.25, 0.3) is 5.91 Å². The zero-order valence-corrected chi connectivity index (χ0v) is 20.7. The number of nitrogens with one attached hydrogen (secondary N) is 1. The molecule has 0 saturated heterocycles. The van der Waals surface area contributed by atoms with Crippen LogP contribution in [0.1, 0.15) is 48.7 Å². The minimum atomic E-state index is -0.986. The maximum atomic E-state index is 13.8. The second kappa shape index (κ2) is 8.98. The highest BCUT2D eigenvalue weighted by Gasteiger charge is 2.48. The van der Waals surface area contributed by atoms with E-state index in [1.807, 2.05) is 47.2 Å². The van der Waals surface area contributed by atoms with Crippen LogP contribution >= 0.6 is 11.3 Å². The predicted octanol–water partition coefficient (Wildman–Crippen LogP) is 4.24. The number of methoxy groups -OCH3 is 2. The second-order valence-corrected chi connectivity index (χ2v) is 10.3. The molecule has 1 atom stereocenters. The molecule has 7 nitrogen and oxygen atoms in total. The molecule has 1 aliphatic carbocycles. The molecule has 2 aliphatic rings. The Kier molecular flexibility index (Phi) is 6.02. The molecular weight excluding hydrogens is 450 g/mol. The number of carbonyl (C=O) groups excluding carboxylic acids is 2. The number of hydrogen-bond acceptors (Lipinski definition) is 5. The summed E-state index contributed by atoms with van der Waals surface area (Å²) in [6.45, 7) is 2.75. The van der Waals surface area contributed by atoms with Gasteiger partial charge in [-0.05, 0) is 55.3 Å². The van der Waals surface area contributed by atoms with Gasteiger partial charge in [-0.2, -0.15) is 0 Å². The first-order valence-electron chi connectivity index (χ1n) is 11.8. The number of aromatic nitrogens is 1. The Labute approximate surface area is 203 Å². The number of thiophene rings is 1. The van der Waals surface area contributed by atoms with E-state index in [1.165, 1.54) is 0 Å². The van der Waals surface area contributed by atoms with Crippen LogP contribution < -0.4 is 14.8 Å². The van der Waals surface area contributed by atoms with Crippen molar-refractivity contribution in [2.45, 2.75) is 57.2 Å². The molecule has 1 N–H and O–H groups in total. The summed E-state index contributed by atoms with van der Waals surface area (Å²) in [6.07, 6.45) is 4.85. The van der Waals surface area contributed by atoms with E-state index in [-0.39, 0.29) is 17.9 Å². The monoisotopic (exact) mass is 481 g/mol. The molecule has 2 aromatic heterocycles. The lowest BCUT2D eigenvalue weighted by atomic mass is 9.93. The van der Waals surface area contributed by atoms with Crippen LogP contribution in [0.5, 0.6) is 11.5 Å². The van der Waals surface area contributed by atoms with E-state index in [1.54, 1.807) is 30.5 Å². The van der Waals surface area contributed by atoms with Crippen LogP contribution in [0, 0.1) is 0 Å². The number of carbonyl (C=O) groups is 2. The Morgan fingerprint density at radius 1 is 1.18 bits per heavy atom. The van der Waals surface area contributed by atoms with Crippen molar-refractivity contribution in [3.05, 3.63) is 47.0 Å². The van der Waals surface area contributed by atoms with Gasteiger partial charge in [0, 0.05) is 18.7 Å². The first-order valence-corrected chi connectivity index (χ1v) is 12.7. The average Bonchev–Trinajstić information content (AvgIpc) is 3.58. The van der Waals surface area contributed by atoms with Crippen LogP contribution in [0.2, 0.25) is 0 Å². The van der Waals surface area contributed by atoms with Crippen LogP contribution in [0.15, 0.2) is 35.7 Å². The molecule has 2 amide bonds. The fourth-order valence-corrected chi connectivity index (χ4v) is 6.15. The Hall–Kier alpha value is -3.00. The number of rotatable bonds is 7. The number of hydrogen-bond donors (Lipinski definition) is 1. The zero-order chi connectivity index (χ0) is 23.9. The molecule has 1 saturated carbocycles. The van der Waals surface area contributed by atoms with Gasteiger partial charge in [-0.25, -0.2) is 0 Å². The summed E-state index contributed by atoms with van der Waals surface area (Å²) in [5, 5.41) is 5.28. The summed E-state index contributed by atoms with van der Waals surface area (Å²) in [7, 11) is 3.25. The smallest absolute Gasteiger partial charge is 0.271 e. The molecule has 180 valence electrons. The highest BCUT2D eigenvalue weighted by molar-refractivity contribution is 7.17. The van der Waals surface area contributed by atoms with Crippen LogP contribution in [0.4, 0.5) is 0 Å². The summed E-state index contributed by atoms with van der Waals surface area (Å²) in [5.41, 5.74) is 1.65. The van der Waals surface area contributed by atoms with Crippen molar-refractivity contribution >= 4 is 33.4 Å². The Balaban J connectivity index is 1.47. The van der Waals surface area contributed by atoms with Gasteiger partial charge >= 0.3 is 0 Å². The van der Waals surface area contributed by atoms with Crippen LogP contribution in [-0.4, -0.2) is 53.6 Å². The predicted molar refractivity (Wildman–Crippen MR) is 133 cm³/mol. The Bertz CT molecular complexity index is 1230. The largest absolute Gasteiger partial charge is 0.497 e. The SMILES string of the molecule is COc1ccc(CCN2C(=O)c3cc4sccc4n3CC2(C)C(=O)NC2CCCC2)c(OC)c1. The van der Waals surface area contributed by atoms with Crippen molar-refractivity contribution in [3.8, 4) is 11.5 Å². The normalized spacial score (nSPS) is 20.6. The molecule has 1 aliphatic heterocycles. The van der Waals surface area contributed by atoms with Gasteiger partial charge in [-0.15, -0.1) is 11.3 Å². The van der Waals surface area contributed by atoms with Crippen LogP contribution in [0.25, 0.3) is 10.2 Å². The molecule has 0 bridgehead atoms. The standard InChI is InChI=1S/C26H31N3O4S/c1-26(25(31)27-18-6-4-5-7-18)16-28-20-11-13-34-23(20)15-21(28)24(30)29(26)12-10-17-8-9-19(32-2)14-22(17)33-3/h8-9,11,13-15,18H,4-7,10,12,16H2,1-3H3,(H,27,31). The molecule has 1 fully saturated rings. The fraction of sp³-hybridized carbons (Fsp3) is 0.462. The second-order valence-electron chi connectivity index (χ2n) is 9.40. The van der Waals surface area contributed by atoms with Gasteiger partial charge in [0.1, 0.15) is 22.7 Å². The summed E-state index contributed by atoms with van der Waals surface area (Å²) in [5.74, 6) is 1.25. The van der Waals surface area contributed by atoms with Gasteiger partial charge < -0.3 is 24.3 Å². The van der Waals surface area contributed by atoms with E-state index in [9.17, 15) is 9.59 Å². The average molecular weight is 482 g/mol. The van der Waals surface area contributed by atoms with E-state index in [0.717, 1.165) is 41.5 Å². The third kappa shape index (κ3) is 3.83. The molecule has 3 aromatic rings. The molecule has 3 heterocycles. The Morgan fingerprint density at radius 3 is 2.71 bits per heavy atom. The van der Waals surface area contributed by atoms with Crippen molar-refractivity contribution in [2.24, 2.45) is 0 Å². The lowest BCUT2D eigenvalue weighted by Crippen LogP contribution is -2.65. The molecule has 0 radical (unpaired) electrons. The topological polar surface area (TPSA) is 72.8 Å². The van der Waals surface area contributed by atoms with Crippen molar-refractivity contribution in [2.75, 3.05) is 20.8 Å². The minimum absolute atomic E-state index is 0.0721. The van der Waals surface area contributed by atoms with Gasteiger partial charge in [0.15, 0.2) is 0 Å². The summed E-state index contributed by atoms with van der Waals surface area (Å²) >= 11 is 1.62. The van der Waals surface area contributed by atoms with Gasteiger partial charge in [-0.3, -0.25) is 9.59 Å². The highest BCUT2D eigenvalue weighted by Crippen LogP contribution is 2.35. The molecule has 8 heteroatoms. The fourth-order valence-electron chi connectivity index (χ4n) is 5.32. The van der Waals surface area contributed by atoms with Crippen molar-refractivity contribution in [1.82, 2.24) is 14.8 Å². The highest BCUT2D eigenvalue weighted by atomic mass is 32.1. The molecule has 0 spiro atoms. The molecule has 1 unspecified atom stereocenters. The molecule has 34 heavy (non-hydrogen) atoms. The van der Waals surface area contributed by atoms with Gasteiger partial charge in [0.2, 0.25) is 5.91 Å². The lowest BCUT2D eigenvalue weighted by molar-refractivity contribution is -0.133. The number of fused-ring (bicyclic) bond motifs is 3.